The zero-order chi connectivity index (χ0) is 10.1. The largest absolute Gasteiger partial charge is 0.295 e. The van der Waals surface area contributed by atoms with Crippen molar-refractivity contribution in [2.45, 2.75) is 77.4 Å². The molecule has 0 aromatic heterocycles. The maximum atomic E-state index is 2.82. The molecule has 2 fully saturated rings. The van der Waals surface area contributed by atoms with Crippen molar-refractivity contribution in [3.63, 3.8) is 0 Å². The molecule has 0 spiro atoms. The van der Waals surface area contributed by atoms with Crippen LogP contribution in [-0.2, 0) is 0 Å². The first-order valence-corrected chi connectivity index (χ1v) is 6.49. The highest BCUT2D eigenvalue weighted by molar-refractivity contribution is 4.93. The number of hydrogen-bond acceptors (Lipinski definition) is 1. The van der Waals surface area contributed by atoms with Crippen LogP contribution in [0.3, 0.4) is 0 Å². The Morgan fingerprint density at radius 1 is 1.14 bits per heavy atom. The van der Waals surface area contributed by atoms with E-state index in [1.54, 1.807) is 0 Å². The summed E-state index contributed by atoms with van der Waals surface area (Å²) in [6, 6.07) is 2.61. The van der Waals surface area contributed by atoms with Crippen molar-refractivity contribution in [2.75, 3.05) is 0 Å². The fourth-order valence-electron chi connectivity index (χ4n) is 3.71. The normalized spacial score (nSPS) is 39.0. The SMILES string of the molecule is CCC1CC2CCCC(C1)N2C(C)C. The zero-order valence-corrected chi connectivity index (χ0v) is 10.00. The first-order chi connectivity index (χ1) is 6.72. The van der Waals surface area contributed by atoms with Gasteiger partial charge in [0.05, 0.1) is 0 Å². The number of hydrogen-bond donors (Lipinski definition) is 0. The maximum absolute atomic E-state index is 2.82. The smallest absolute Gasteiger partial charge is 0.0104 e. The summed E-state index contributed by atoms with van der Waals surface area (Å²) < 4.78 is 0. The molecule has 0 aromatic rings. The highest BCUT2D eigenvalue weighted by atomic mass is 15.2. The van der Waals surface area contributed by atoms with Gasteiger partial charge in [-0.2, -0.15) is 0 Å². The lowest BCUT2D eigenvalue weighted by Gasteiger charge is -2.51. The van der Waals surface area contributed by atoms with Crippen LogP contribution in [0.1, 0.15) is 59.3 Å². The highest BCUT2D eigenvalue weighted by Gasteiger charge is 2.38. The third-order valence-corrected chi connectivity index (χ3v) is 4.30. The van der Waals surface area contributed by atoms with Gasteiger partial charge in [-0.1, -0.05) is 19.8 Å². The van der Waals surface area contributed by atoms with Gasteiger partial charge in [-0.15, -0.1) is 0 Å². The Labute approximate surface area is 88.9 Å². The molecule has 2 rings (SSSR count). The lowest BCUT2D eigenvalue weighted by Crippen LogP contribution is -2.54. The molecule has 82 valence electrons. The van der Waals surface area contributed by atoms with Crippen LogP contribution >= 0.6 is 0 Å². The third-order valence-electron chi connectivity index (χ3n) is 4.30. The minimum absolute atomic E-state index is 0.767. The number of fused-ring (bicyclic) bond motifs is 2. The fraction of sp³-hybridized carbons (Fsp3) is 1.00. The molecule has 1 nitrogen and oxygen atoms in total. The summed E-state index contributed by atoms with van der Waals surface area (Å²) in [5.41, 5.74) is 0. The Kier molecular flexibility index (Phi) is 3.16. The van der Waals surface area contributed by atoms with Crippen molar-refractivity contribution >= 4 is 0 Å². The van der Waals surface area contributed by atoms with Crippen molar-refractivity contribution in [3.8, 4) is 0 Å². The van der Waals surface area contributed by atoms with Crippen LogP contribution in [0, 0.1) is 5.92 Å². The molecule has 0 aromatic carbocycles. The average Bonchev–Trinajstić information content (AvgIpc) is 2.15. The summed E-state index contributed by atoms with van der Waals surface area (Å²) in [7, 11) is 0. The molecule has 2 bridgehead atoms. The van der Waals surface area contributed by atoms with Gasteiger partial charge in [0.25, 0.3) is 0 Å². The molecule has 14 heavy (non-hydrogen) atoms. The van der Waals surface area contributed by atoms with E-state index in [1.807, 2.05) is 0 Å². The van der Waals surface area contributed by atoms with Crippen LogP contribution in [0.5, 0.6) is 0 Å². The molecule has 2 atom stereocenters. The summed E-state index contributed by atoms with van der Waals surface area (Å²) in [5, 5.41) is 0. The maximum Gasteiger partial charge on any atom is 0.0104 e. The van der Waals surface area contributed by atoms with E-state index in [0.717, 1.165) is 24.0 Å². The van der Waals surface area contributed by atoms with E-state index in [-0.39, 0.29) is 0 Å². The van der Waals surface area contributed by atoms with Gasteiger partial charge < -0.3 is 0 Å². The van der Waals surface area contributed by atoms with Gasteiger partial charge in [-0.3, -0.25) is 4.90 Å². The Balaban J connectivity index is 2.07. The summed E-state index contributed by atoms with van der Waals surface area (Å²) in [6.45, 7) is 7.11. The average molecular weight is 195 g/mol. The number of rotatable bonds is 2. The number of piperidine rings is 2. The van der Waals surface area contributed by atoms with Crippen LogP contribution in [0.15, 0.2) is 0 Å². The van der Waals surface area contributed by atoms with Crippen molar-refractivity contribution in [3.05, 3.63) is 0 Å². The molecular formula is C13H25N. The lowest BCUT2D eigenvalue weighted by atomic mass is 9.77. The van der Waals surface area contributed by atoms with Gasteiger partial charge in [0.2, 0.25) is 0 Å². The van der Waals surface area contributed by atoms with E-state index in [4.69, 9.17) is 0 Å². The first kappa shape index (κ1) is 10.5. The lowest BCUT2D eigenvalue weighted by molar-refractivity contribution is -0.0105. The quantitative estimate of drug-likeness (QED) is 0.652. The van der Waals surface area contributed by atoms with Gasteiger partial charge in [0, 0.05) is 18.1 Å². The predicted molar refractivity (Wildman–Crippen MR) is 61.4 cm³/mol. The monoisotopic (exact) mass is 195 g/mol. The zero-order valence-electron chi connectivity index (χ0n) is 10.00. The second-order valence-electron chi connectivity index (χ2n) is 5.53. The Morgan fingerprint density at radius 2 is 1.71 bits per heavy atom. The topological polar surface area (TPSA) is 3.24 Å². The molecular weight excluding hydrogens is 170 g/mol. The van der Waals surface area contributed by atoms with Gasteiger partial charge in [-0.05, 0) is 45.4 Å². The molecule has 2 aliphatic rings. The van der Waals surface area contributed by atoms with Gasteiger partial charge >= 0.3 is 0 Å². The van der Waals surface area contributed by atoms with Crippen LogP contribution in [0.4, 0.5) is 0 Å². The van der Waals surface area contributed by atoms with Gasteiger partial charge in [-0.25, -0.2) is 0 Å². The summed E-state index contributed by atoms with van der Waals surface area (Å²) in [5.74, 6) is 1.03. The second kappa shape index (κ2) is 4.22. The van der Waals surface area contributed by atoms with Crippen LogP contribution in [-0.4, -0.2) is 23.0 Å². The van der Waals surface area contributed by atoms with E-state index in [0.29, 0.717) is 0 Å². The molecule has 0 saturated carbocycles. The molecule has 1 heteroatoms. The van der Waals surface area contributed by atoms with E-state index in [2.05, 4.69) is 25.7 Å². The standard InChI is InChI=1S/C13H25N/c1-4-11-8-12-6-5-7-13(9-11)14(12)10(2)3/h10-13H,4-9H2,1-3H3. The molecule has 2 unspecified atom stereocenters. The third kappa shape index (κ3) is 1.84. The Hall–Kier alpha value is -0.0400. The Morgan fingerprint density at radius 3 is 2.14 bits per heavy atom. The summed E-state index contributed by atoms with van der Waals surface area (Å²) >= 11 is 0. The summed E-state index contributed by atoms with van der Waals surface area (Å²) in [4.78, 5) is 2.82. The van der Waals surface area contributed by atoms with E-state index < -0.39 is 0 Å². The predicted octanol–water partition coefficient (Wildman–Crippen LogP) is 3.44. The molecule has 0 N–H and O–H groups in total. The van der Waals surface area contributed by atoms with E-state index in [1.165, 1.54) is 38.5 Å². The van der Waals surface area contributed by atoms with Crippen LogP contribution in [0.2, 0.25) is 0 Å². The van der Waals surface area contributed by atoms with Crippen molar-refractivity contribution < 1.29 is 0 Å². The molecule has 0 amide bonds. The van der Waals surface area contributed by atoms with E-state index in [9.17, 15) is 0 Å². The second-order valence-corrected chi connectivity index (χ2v) is 5.53. The van der Waals surface area contributed by atoms with Crippen LogP contribution in [0.25, 0.3) is 0 Å². The molecule has 2 heterocycles. The molecule has 2 aliphatic heterocycles. The van der Waals surface area contributed by atoms with Crippen LogP contribution < -0.4 is 0 Å². The van der Waals surface area contributed by atoms with E-state index >= 15 is 0 Å². The molecule has 2 saturated heterocycles. The van der Waals surface area contributed by atoms with Crippen molar-refractivity contribution in [1.82, 2.24) is 4.90 Å². The molecule has 0 radical (unpaired) electrons. The first-order valence-electron chi connectivity index (χ1n) is 6.49. The minimum atomic E-state index is 0.767. The molecule has 0 aliphatic carbocycles. The fourth-order valence-corrected chi connectivity index (χ4v) is 3.71. The highest BCUT2D eigenvalue weighted by Crippen LogP contribution is 2.39. The van der Waals surface area contributed by atoms with Gasteiger partial charge in [0.1, 0.15) is 0 Å². The van der Waals surface area contributed by atoms with Crippen molar-refractivity contribution in [2.24, 2.45) is 5.92 Å². The van der Waals surface area contributed by atoms with Crippen molar-refractivity contribution in [1.29, 1.82) is 0 Å². The number of nitrogens with zero attached hydrogens (tertiary/aromatic N) is 1. The van der Waals surface area contributed by atoms with Gasteiger partial charge in [0.15, 0.2) is 0 Å². The minimum Gasteiger partial charge on any atom is -0.295 e. The summed E-state index contributed by atoms with van der Waals surface area (Å²) in [6.07, 6.45) is 8.76. The Bertz CT molecular complexity index is 174.